The Morgan fingerprint density at radius 1 is 1.03 bits per heavy atom. The second kappa shape index (κ2) is 10.4. The number of carbonyl (C=O) groups excluding carboxylic acids is 2. The van der Waals surface area contributed by atoms with E-state index in [1.54, 1.807) is 54.6 Å². The lowest BCUT2D eigenvalue weighted by atomic mass is 10.0. The molecule has 0 radical (unpaired) electrons. The van der Waals surface area contributed by atoms with E-state index >= 15 is 0 Å². The number of amides is 3. The Morgan fingerprint density at radius 2 is 1.76 bits per heavy atom. The Hall–Kier alpha value is -3.92. The fourth-order valence-corrected chi connectivity index (χ4v) is 2.54. The van der Waals surface area contributed by atoms with Crippen LogP contribution in [0.25, 0.3) is 0 Å². The first kappa shape index (κ1) is 21.4. The molecule has 2 aromatic rings. The molecule has 10 nitrogen and oxygen atoms in total. The van der Waals surface area contributed by atoms with Crippen LogP contribution in [0, 0.1) is 0 Å². The normalized spacial score (nSPS) is 11.2. The number of aliphatic imine (C=N–C) groups is 1. The standard InChI is InChI=1S/C19H22N6O4/c20-18(21)22-14-8-4-5-12(9-14)10-16(26)23-19(29)25-24-15(11-17(27)28)13-6-2-1-3-7-13/h1-9,15,24H,10-11H2,(H,27,28)(H4,20,21,22)(H2,23,25,26,29). The maximum Gasteiger partial charge on any atom is 0.335 e. The lowest BCUT2D eigenvalue weighted by Gasteiger charge is -2.18. The van der Waals surface area contributed by atoms with Crippen LogP contribution < -0.4 is 27.6 Å². The molecule has 2 rings (SSSR count). The highest BCUT2D eigenvalue weighted by Crippen LogP contribution is 2.16. The number of aliphatic carboxylic acids is 1. The summed E-state index contributed by atoms with van der Waals surface area (Å²) in [6, 6.07) is 14.0. The fourth-order valence-electron chi connectivity index (χ4n) is 2.54. The monoisotopic (exact) mass is 398 g/mol. The van der Waals surface area contributed by atoms with Crippen molar-refractivity contribution in [2.75, 3.05) is 0 Å². The first-order chi connectivity index (χ1) is 13.8. The highest BCUT2D eigenvalue weighted by Gasteiger charge is 2.16. The molecule has 0 saturated heterocycles. The van der Waals surface area contributed by atoms with Crippen molar-refractivity contribution in [2.45, 2.75) is 18.9 Å². The van der Waals surface area contributed by atoms with E-state index in [9.17, 15) is 14.4 Å². The summed E-state index contributed by atoms with van der Waals surface area (Å²) in [6.07, 6.45) is -0.325. The Morgan fingerprint density at radius 3 is 2.41 bits per heavy atom. The topological polar surface area (TPSA) is 172 Å². The Balaban J connectivity index is 1.90. The summed E-state index contributed by atoms with van der Waals surface area (Å²) < 4.78 is 0. The highest BCUT2D eigenvalue weighted by atomic mass is 16.4. The molecule has 152 valence electrons. The first-order valence-corrected chi connectivity index (χ1v) is 8.64. The summed E-state index contributed by atoms with van der Waals surface area (Å²) in [5.74, 6) is -1.70. The molecule has 0 spiro atoms. The minimum atomic E-state index is -1.04. The van der Waals surface area contributed by atoms with Crippen LogP contribution in [-0.4, -0.2) is 29.0 Å². The molecule has 0 aliphatic heterocycles. The van der Waals surface area contributed by atoms with Crippen molar-refractivity contribution in [1.29, 1.82) is 0 Å². The van der Waals surface area contributed by atoms with Crippen LogP contribution in [0.15, 0.2) is 59.6 Å². The van der Waals surface area contributed by atoms with Gasteiger partial charge in [-0.3, -0.25) is 20.3 Å². The summed E-state index contributed by atoms with van der Waals surface area (Å²) in [5.41, 5.74) is 17.4. The van der Waals surface area contributed by atoms with E-state index < -0.39 is 23.9 Å². The SMILES string of the molecule is NC(N)=Nc1cccc(CC(=O)NC(=O)NNC(CC(=O)O)c2ccccc2)c1. The summed E-state index contributed by atoms with van der Waals surface area (Å²) >= 11 is 0. The number of benzene rings is 2. The van der Waals surface area contributed by atoms with Crippen LogP contribution in [-0.2, 0) is 16.0 Å². The predicted octanol–water partition coefficient (Wildman–Crippen LogP) is 0.680. The third kappa shape index (κ3) is 7.69. The number of nitrogens with two attached hydrogens (primary N) is 2. The van der Waals surface area contributed by atoms with Crippen LogP contribution in [0.5, 0.6) is 0 Å². The number of nitrogens with one attached hydrogen (secondary N) is 3. The molecule has 0 aliphatic rings. The quantitative estimate of drug-likeness (QED) is 0.215. The highest BCUT2D eigenvalue weighted by molar-refractivity contribution is 5.95. The van der Waals surface area contributed by atoms with Crippen LogP contribution >= 0.6 is 0 Å². The summed E-state index contributed by atoms with van der Waals surface area (Å²) in [5, 5.41) is 11.2. The predicted molar refractivity (Wildman–Crippen MR) is 107 cm³/mol. The molecule has 8 N–H and O–H groups in total. The Labute approximate surface area is 167 Å². The van der Waals surface area contributed by atoms with Gasteiger partial charge in [-0.15, -0.1) is 0 Å². The van der Waals surface area contributed by atoms with Gasteiger partial charge in [0, 0.05) is 0 Å². The molecule has 0 fully saturated rings. The maximum atomic E-state index is 12.1. The molecular formula is C19H22N6O4. The van der Waals surface area contributed by atoms with Crippen LogP contribution in [0.4, 0.5) is 10.5 Å². The van der Waals surface area contributed by atoms with Gasteiger partial charge >= 0.3 is 12.0 Å². The number of rotatable bonds is 8. The number of guanidine groups is 1. The lowest BCUT2D eigenvalue weighted by molar-refractivity contribution is -0.137. The molecule has 0 bridgehead atoms. The smallest absolute Gasteiger partial charge is 0.335 e. The molecule has 1 unspecified atom stereocenters. The van der Waals surface area contributed by atoms with Crippen molar-refractivity contribution in [3.8, 4) is 0 Å². The van der Waals surface area contributed by atoms with E-state index in [-0.39, 0.29) is 18.8 Å². The minimum absolute atomic E-state index is 0.0709. The van der Waals surface area contributed by atoms with Crippen LogP contribution in [0.2, 0.25) is 0 Å². The van der Waals surface area contributed by atoms with E-state index in [0.717, 1.165) is 0 Å². The van der Waals surface area contributed by atoms with Crippen molar-refractivity contribution in [3.05, 3.63) is 65.7 Å². The average Bonchev–Trinajstić information content (AvgIpc) is 2.65. The van der Waals surface area contributed by atoms with Gasteiger partial charge in [0.05, 0.1) is 24.6 Å². The number of carbonyl (C=O) groups is 3. The number of carboxylic acids is 1. The van der Waals surface area contributed by atoms with Crippen molar-refractivity contribution in [3.63, 3.8) is 0 Å². The van der Waals surface area contributed by atoms with Gasteiger partial charge in [-0.1, -0.05) is 42.5 Å². The van der Waals surface area contributed by atoms with Gasteiger partial charge in [-0.2, -0.15) is 0 Å². The summed E-state index contributed by atoms with van der Waals surface area (Å²) in [7, 11) is 0. The van der Waals surface area contributed by atoms with Gasteiger partial charge in [0.15, 0.2) is 5.96 Å². The molecule has 1 atom stereocenters. The van der Waals surface area contributed by atoms with E-state index in [1.807, 2.05) is 0 Å². The number of urea groups is 1. The Kier molecular flexibility index (Phi) is 7.68. The third-order valence-electron chi connectivity index (χ3n) is 3.73. The van der Waals surface area contributed by atoms with Crippen molar-refractivity contribution >= 4 is 29.6 Å². The second-order valence-electron chi connectivity index (χ2n) is 6.09. The van der Waals surface area contributed by atoms with Gasteiger partial charge in [-0.25, -0.2) is 15.2 Å². The first-order valence-electron chi connectivity index (χ1n) is 8.64. The summed E-state index contributed by atoms with van der Waals surface area (Å²) in [4.78, 5) is 39.0. The third-order valence-corrected chi connectivity index (χ3v) is 3.73. The second-order valence-corrected chi connectivity index (χ2v) is 6.09. The lowest BCUT2D eigenvalue weighted by Crippen LogP contribution is -2.48. The van der Waals surface area contributed by atoms with E-state index in [0.29, 0.717) is 16.8 Å². The number of hydrazine groups is 1. The van der Waals surface area contributed by atoms with Crippen LogP contribution in [0.3, 0.4) is 0 Å². The number of hydrogen-bond donors (Lipinski definition) is 6. The number of imide groups is 1. The molecule has 0 aromatic heterocycles. The maximum absolute atomic E-state index is 12.1. The average molecular weight is 398 g/mol. The number of carboxylic acid groups (broad SMARTS) is 1. The van der Waals surface area contributed by atoms with E-state index in [1.165, 1.54) is 0 Å². The van der Waals surface area contributed by atoms with Crippen molar-refractivity contribution in [2.24, 2.45) is 16.5 Å². The molecule has 0 saturated carbocycles. The van der Waals surface area contributed by atoms with Gasteiger partial charge in [0.25, 0.3) is 0 Å². The largest absolute Gasteiger partial charge is 0.481 e. The number of hydrogen-bond acceptors (Lipinski definition) is 5. The van der Waals surface area contributed by atoms with Crippen molar-refractivity contribution < 1.29 is 19.5 Å². The molecule has 2 aromatic carbocycles. The van der Waals surface area contributed by atoms with E-state index in [4.69, 9.17) is 16.6 Å². The molecule has 0 heterocycles. The van der Waals surface area contributed by atoms with E-state index in [2.05, 4.69) is 21.2 Å². The van der Waals surface area contributed by atoms with Gasteiger partial charge in [0.1, 0.15) is 0 Å². The molecule has 3 amide bonds. The van der Waals surface area contributed by atoms with Crippen LogP contribution in [0.1, 0.15) is 23.6 Å². The molecule has 0 aliphatic carbocycles. The molecule has 10 heteroatoms. The number of nitrogens with zero attached hydrogens (tertiary/aromatic N) is 1. The zero-order valence-corrected chi connectivity index (χ0v) is 15.5. The zero-order valence-electron chi connectivity index (χ0n) is 15.5. The minimum Gasteiger partial charge on any atom is -0.481 e. The zero-order chi connectivity index (χ0) is 21.2. The van der Waals surface area contributed by atoms with Gasteiger partial charge < -0.3 is 16.6 Å². The van der Waals surface area contributed by atoms with Crippen molar-refractivity contribution in [1.82, 2.24) is 16.2 Å². The molecular weight excluding hydrogens is 376 g/mol. The van der Waals surface area contributed by atoms with Gasteiger partial charge in [0.2, 0.25) is 5.91 Å². The summed E-state index contributed by atoms with van der Waals surface area (Å²) in [6.45, 7) is 0. The Bertz CT molecular complexity index is 897. The fraction of sp³-hybridized carbons (Fsp3) is 0.158. The van der Waals surface area contributed by atoms with Gasteiger partial charge in [-0.05, 0) is 23.3 Å². The molecule has 29 heavy (non-hydrogen) atoms.